The molecule has 0 unspecified atom stereocenters. The second-order valence-corrected chi connectivity index (χ2v) is 3.77. The normalized spacial score (nSPS) is 11.8. The fourth-order valence-corrected chi connectivity index (χ4v) is 1.70. The Morgan fingerprint density at radius 3 is 2.81 bits per heavy atom. The Labute approximate surface area is 95.6 Å². The van der Waals surface area contributed by atoms with Gasteiger partial charge in [-0.05, 0) is 43.0 Å². The van der Waals surface area contributed by atoms with Gasteiger partial charge in [0.1, 0.15) is 6.42 Å². The third kappa shape index (κ3) is 2.43. The molecule has 0 saturated heterocycles. The van der Waals surface area contributed by atoms with Crippen LogP contribution in [0.25, 0.3) is 0 Å². The van der Waals surface area contributed by atoms with E-state index in [1.807, 2.05) is 6.07 Å². The van der Waals surface area contributed by atoms with E-state index in [2.05, 4.69) is 24.0 Å². The molecule has 2 nitrogen and oxygen atoms in total. The molecule has 0 fully saturated rings. The maximum Gasteiger partial charge on any atom is 0.317 e. The summed E-state index contributed by atoms with van der Waals surface area (Å²) in [5.41, 5.74) is 3.81. The van der Waals surface area contributed by atoms with Crippen molar-refractivity contribution in [3.05, 3.63) is 34.9 Å². The van der Waals surface area contributed by atoms with Gasteiger partial charge in [0.05, 0.1) is 6.61 Å². The average Bonchev–Trinajstić information content (AvgIpc) is 2.22. The minimum atomic E-state index is -0.251. The zero-order valence-corrected chi connectivity index (χ0v) is 9.38. The Balaban J connectivity index is 1.96. The molecule has 1 aromatic carbocycles. The van der Waals surface area contributed by atoms with Crippen LogP contribution in [0.15, 0.2) is 18.2 Å². The molecule has 1 aliphatic rings. The van der Waals surface area contributed by atoms with Crippen LogP contribution in [-0.2, 0) is 22.4 Å². The van der Waals surface area contributed by atoms with Gasteiger partial charge in [0.25, 0.3) is 0 Å². The summed E-state index contributed by atoms with van der Waals surface area (Å²) in [4.78, 5) is 11.0. The Morgan fingerprint density at radius 2 is 2.19 bits per heavy atom. The lowest BCUT2D eigenvalue weighted by Crippen LogP contribution is -2.07. The first kappa shape index (κ1) is 10.8. The van der Waals surface area contributed by atoms with Gasteiger partial charge in [0.2, 0.25) is 0 Å². The SMILES string of the molecule is CCOC(=O)CC#Cc1ccc2c(c1)CC2. The highest BCUT2D eigenvalue weighted by Crippen LogP contribution is 2.23. The third-order valence-corrected chi connectivity index (χ3v) is 2.64. The second kappa shape index (κ2) is 4.85. The minimum absolute atomic E-state index is 0.172. The van der Waals surface area contributed by atoms with E-state index >= 15 is 0 Å². The van der Waals surface area contributed by atoms with E-state index in [4.69, 9.17) is 4.74 Å². The van der Waals surface area contributed by atoms with Crippen molar-refractivity contribution < 1.29 is 9.53 Å². The molecule has 2 heteroatoms. The number of carbonyl (C=O) groups excluding carboxylic acids is 1. The number of ether oxygens (including phenoxy) is 1. The third-order valence-electron chi connectivity index (χ3n) is 2.64. The summed E-state index contributed by atoms with van der Waals surface area (Å²) in [7, 11) is 0. The zero-order valence-electron chi connectivity index (χ0n) is 9.38. The van der Waals surface area contributed by atoms with Crippen LogP contribution >= 0.6 is 0 Å². The topological polar surface area (TPSA) is 26.3 Å². The van der Waals surface area contributed by atoms with Crippen LogP contribution in [0.5, 0.6) is 0 Å². The maximum absolute atomic E-state index is 11.0. The summed E-state index contributed by atoms with van der Waals surface area (Å²) in [6.07, 6.45) is 2.51. The molecule has 16 heavy (non-hydrogen) atoms. The van der Waals surface area contributed by atoms with Gasteiger partial charge in [-0.25, -0.2) is 0 Å². The minimum Gasteiger partial charge on any atom is -0.465 e. The fourth-order valence-electron chi connectivity index (χ4n) is 1.70. The highest BCUT2D eigenvalue weighted by Gasteiger charge is 2.11. The second-order valence-electron chi connectivity index (χ2n) is 3.77. The van der Waals surface area contributed by atoms with E-state index in [-0.39, 0.29) is 12.4 Å². The Hall–Kier alpha value is -1.75. The first-order valence-electron chi connectivity index (χ1n) is 5.56. The van der Waals surface area contributed by atoms with Crippen LogP contribution in [0.1, 0.15) is 30.0 Å². The largest absolute Gasteiger partial charge is 0.465 e. The number of aryl methyl sites for hydroxylation is 2. The number of carbonyl (C=O) groups is 1. The van der Waals surface area contributed by atoms with Crippen molar-refractivity contribution in [3.63, 3.8) is 0 Å². The molecule has 0 saturated carbocycles. The molecule has 1 aromatic rings. The zero-order chi connectivity index (χ0) is 11.4. The standard InChI is InChI=1S/C14H14O2/c1-2-16-14(15)5-3-4-11-6-7-12-8-9-13(12)10-11/h6-7,10H,2,5,8-9H2,1H3. The van der Waals surface area contributed by atoms with E-state index < -0.39 is 0 Å². The van der Waals surface area contributed by atoms with E-state index in [9.17, 15) is 4.79 Å². The van der Waals surface area contributed by atoms with Crippen LogP contribution in [0, 0.1) is 11.8 Å². The average molecular weight is 214 g/mol. The van der Waals surface area contributed by atoms with E-state index in [1.54, 1.807) is 6.92 Å². The Bertz CT molecular complexity index is 463. The summed E-state index contributed by atoms with van der Waals surface area (Å²) in [5.74, 6) is 5.57. The maximum atomic E-state index is 11.0. The van der Waals surface area contributed by atoms with Gasteiger partial charge in [-0.3, -0.25) is 4.79 Å². The molecular formula is C14H14O2. The van der Waals surface area contributed by atoms with Crippen molar-refractivity contribution in [2.45, 2.75) is 26.2 Å². The van der Waals surface area contributed by atoms with Crippen LogP contribution < -0.4 is 0 Å². The smallest absolute Gasteiger partial charge is 0.317 e. The summed E-state index contributed by atoms with van der Waals surface area (Å²) in [6, 6.07) is 6.24. The molecule has 0 amide bonds. The molecule has 0 aliphatic heterocycles. The quantitative estimate of drug-likeness (QED) is 0.556. The predicted molar refractivity (Wildman–Crippen MR) is 62.0 cm³/mol. The van der Waals surface area contributed by atoms with Gasteiger partial charge in [-0.1, -0.05) is 17.9 Å². The molecule has 0 aromatic heterocycles. The molecule has 0 atom stereocenters. The predicted octanol–water partition coefficient (Wildman–Crippen LogP) is 2.09. The number of hydrogen-bond acceptors (Lipinski definition) is 2. The van der Waals surface area contributed by atoms with Gasteiger partial charge in [-0.2, -0.15) is 0 Å². The van der Waals surface area contributed by atoms with E-state index in [0.717, 1.165) is 12.0 Å². The van der Waals surface area contributed by atoms with Crippen LogP contribution in [0.3, 0.4) is 0 Å². The van der Waals surface area contributed by atoms with Crippen molar-refractivity contribution in [1.29, 1.82) is 0 Å². The van der Waals surface area contributed by atoms with Gasteiger partial charge < -0.3 is 4.74 Å². The number of hydrogen-bond donors (Lipinski definition) is 0. The van der Waals surface area contributed by atoms with Gasteiger partial charge in [0, 0.05) is 5.56 Å². The van der Waals surface area contributed by atoms with Crippen molar-refractivity contribution in [3.8, 4) is 11.8 Å². The lowest BCUT2D eigenvalue weighted by molar-refractivity contribution is -0.141. The van der Waals surface area contributed by atoms with Crippen LogP contribution in [0.2, 0.25) is 0 Å². The van der Waals surface area contributed by atoms with Crippen LogP contribution in [-0.4, -0.2) is 12.6 Å². The Kier molecular flexibility index (Phi) is 3.26. The molecule has 0 heterocycles. The van der Waals surface area contributed by atoms with Crippen molar-refractivity contribution in [2.24, 2.45) is 0 Å². The van der Waals surface area contributed by atoms with E-state index in [1.165, 1.54) is 17.5 Å². The number of rotatable bonds is 2. The van der Waals surface area contributed by atoms with Crippen molar-refractivity contribution >= 4 is 5.97 Å². The lowest BCUT2D eigenvalue weighted by atomic mass is 9.87. The van der Waals surface area contributed by atoms with Crippen molar-refractivity contribution in [2.75, 3.05) is 6.61 Å². The molecular weight excluding hydrogens is 200 g/mol. The molecule has 0 radical (unpaired) electrons. The number of fused-ring (bicyclic) bond motifs is 1. The van der Waals surface area contributed by atoms with Gasteiger partial charge >= 0.3 is 5.97 Å². The highest BCUT2D eigenvalue weighted by molar-refractivity contribution is 5.72. The molecule has 2 rings (SSSR count). The lowest BCUT2D eigenvalue weighted by Gasteiger charge is -2.17. The summed E-state index contributed by atoms with van der Waals surface area (Å²) >= 11 is 0. The molecule has 0 spiro atoms. The van der Waals surface area contributed by atoms with Crippen molar-refractivity contribution in [1.82, 2.24) is 0 Å². The van der Waals surface area contributed by atoms with Crippen LogP contribution in [0.4, 0.5) is 0 Å². The summed E-state index contributed by atoms with van der Waals surface area (Å²) in [5, 5.41) is 0. The number of benzene rings is 1. The molecule has 0 bridgehead atoms. The first-order chi connectivity index (χ1) is 7.79. The summed E-state index contributed by atoms with van der Waals surface area (Å²) < 4.78 is 4.79. The molecule has 0 N–H and O–H groups in total. The Morgan fingerprint density at radius 1 is 1.38 bits per heavy atom. The monoisotopic (exact) mass is 214 g/mol. The summed E-state index contributed by atoms with van der Waals surface area (Å²) in [6.45, 7) is 2.21. The first-order valence-corrected chi connectivity index (χ1v) is 5.56. The molecule has 1 aliphatic carbocycles. The van der Waals surface area contributed by atoms with E-state index in [0.29, 0.717) is 6.61 Å². The van der Waals surface area contributed by atoms with Gasteiger partial charge in [-0.15, -0.1) is 0 Å². The molecule has 82 valence electrons. The number of esters is 1. The van der Waals surface area contributed by atoms with Gasteiger partial charge in [0.15, 0.2) is 0 Å². The fraction of sp³-hybridized carbons (Fsp3) is 0.357. The highest BCUT2D eigenvalue weighted by atomic mass is 16.5.